The molecular formula is C12H21N3O2. The molecule has 0 fully saturated rings. The number of hydrogen-bond acceptors (Lipinski definition) is 4. The van der Waals surface area contributed by atoms with Gasteiger partial charge in [-0.15, -0.1) is 5.10 Å². The highest BCUT2D eigenvalue weighted by molar-refractivity contribution is 5.76. The van der Waals surface area contributed by atoms with Crippen LogP contribution in [0.25, 0.3) is 0 Å². The van der Waals surface area contributed by atoms with Crippen molar-refractivity contribution >= 4 is 5.97 Å². The molecule has 96 valence electrons. The van der Waals surface area contributed by atoms with Crippen molar-refractivity contribution in [1.29, 1.82) is 0 Å². The van der Waals surface area contributed by atoms with E-state index in [0.29, 0.717) is 5.69 Å². The van der Waals surface area contributed by atoms with E-state index >= 15 is 0 Å². The second kappa shape index (κ2) is 5.29. The SMILES string of the molecule is CCn1cc(COC(=O)C(C)(C)C(C)C)nn1. The lowest BCUT2D eigenvalue weighted by atomic mass is 9.81. The molecular weight excluding hydrogens is 218 g/mol. The first-order valence-corrected chi connectivity index (χ1v) is 5.94. The average molecular weight is 239 g/mol. The van der Waals surface area contributed by atoms with E-state index in [9.17, 15) is 4.79 Å². The molecule has 0 aromatic carbocycles. The number of esters is 1. The van der Waals surface area contributed by atoms with E-state index in [1.165, 1.54) is 0 Å². The summed E-state index contributed by atoms with van der Waals surface area (Å²) in [4.78, 5) is 11.9. The fourth-order valence-electron chi connectivity index (χ4n) is 1.12. The molecule has 5 heteroatoms. The summed E-state index contributed by atoms with van der Waals surface area (Å²) in [5.41, 5.74) is 0.209. The number of hydrogen-bond donors (Lipinski definition) is 0. The van der Waals surface area contributed by atoms with E-state index in [0.717, 1.165) is 6.54 Å². The van der Waals surface area contributed by atoms with Gasteiger partial charge in [-0.05, 0) is 26.7 Å². The fraction of sp³-hybridized carbons (Fsp3) is 0.750. The van der Waals surface area contributed by atoms with Crippen LogP contribution in [-0.2, 0) is 22.7 Å². The first-order chi connectivity index (χ1) is 7.87. The maximum absolute atomic E-state index is 11.9. The molecule has 0 saturated carbocycles. The molecule has 0 bridgehead atoms. The summed E-state index contributed by atoms with van der Waals surface area (Å²) < 4.78 is 6.96. The number of rotatable bonds is 5. The molecule has 1 rings (SSSR count). The largest absolute Gasteiger partial charge is 0.459 e. The van der Waals surface area contributed by atoms with Gasteiger partial charge < -0.3 is 4.74 Å². The minimum absolute atomic E-state index is 0.189. The lowest BCUT2D eigenvalue weighted by molar-refractivity contribution is -0.158. The normalized spacial score (nSPS) is 11.9. The highest BCUT2D eigenvalue weighted by Gasteiger charge is 2.32. The van der Waals surface area contributed by atoms with E-state index in [2.05, 4.69) is 10.3 Å². The molecule has 0 spiro atoms. The van der Waals surface area contributed by atoms with Gasteiger partial charge in [-0.2, -0.15) is 0 Å². The Balaban J connectivity index is 2.53. The van der Waals surface area contributed by atoms with Crippen molar-refractivity contribution in [3.63, 3.8) is 0 Å². The highest BCUT2D eigenvalue weighted by atomic mass is 16.5. The molecule has 0 atom stereocenters. The zero-order chi connectivity index (χ0) is 13.1. The summed E-state index contributed by atoms with van der Waals surface area (Å²) in [6.07, 6.45) is 1.79. The second-order valence-corrected chi connectivity index (χ2v) is 5.02. The molecule has 0 aliphatic rings. The van der Waals surface area contributed by atoms with Crippen LogP contribution < -0.4 is 0 Å². The van der Waals surface area contributed by atoms with Crippen LogP contribution >= 0.6 is 0 Å². The first-order valence-electron chi connectivity index (χ1n) is 5.94. The predicted octanol–water partition coefficient (Wildman–Crippen LogP) is 2.02. The summed E-state index contributed by atoms with van der Waals surface area (Å²) in [7, 11) is 0. The topological polar surface area (TPSA) is 57.0 Å². The Hall–Kier alpha value is -1.39. The predicted molar refractivity (Wildman–Crippen MR) is 64.1 cm³/mol. The lowest BCUT2D eigenvalue weighted by Crippen LogP contribution is -2.31. The maximum Gasteiger partial charge on any atom is 0.312 e. The minimum atomic E-state index is -0.471. The monoisotopic (exact) mass is 239 g/mol. The highest BCUT2D eigenvalue weighted by Crippen LogP contribution is 2.27. The van der Waals surface area contributed by atoms with Gasteiger partial charge in [-0.1, -0.05) is 19.1 Å². The van der Waals surface area contributed by atoms with E-state index in [-0.39, 0.29) is 18.5 Å². The van der Waals surface area contributed by atoms with Crippen molar-refractivity contribution in [3.8, 4) is 0 Å². The Bertz CT molecular complexity index is 383. The van der Waals surface area contributed by atoms with Crippen LogP contribution in [0.5, 0.6) is 0 Å². The van der Waals surface area contributed by atoms with Crippen LogP contribution in [-0.4, -0.2) is 21.0 Å². The Morgan fingerprint density at radius 3 is 2.65 bits per heavy atom. The van der Waals surface area contributed by atoms with Crippen molar-refractivity contribution in [1.82, 2.24) is 15.0 Å². The first kappa shape index (κ1) is 13.7. The van der Waals surface area contributed by atoms with Crippen molar-refractivity contribution in [2.75, 3.05) is 0 Å². The fourth-order valence-corrected chi connectivity index (χ4v) is 1.12. The van der Waals surface area contributed by atoms with Gasteiger partial charge in [0.05, 0.1) is 11.6 Å². The minimum Gasteiger partial charge on any atom is -0.459 e. The summed E-state index contributed by atoms with van der Waals surface area (Å²) in [5, 5.41) is 7.81. The Morgan fingerprint density at radius 2 is 2.18 bits per heavy atom. The zero-order valence-electron chi connectivity index (χ0n) is 11.2. The van der Waals surface area contributed by atoms with Crippen LogP contribution in [0.3, 0.4) is 0 Å². The molecule has 1 aromatic heterocycles. The average Bonchev–Trinajstić information content (AvgIpc) is 2.73. The van der Waals surface area contributed by atoms with Crippen molar-refractivity contribution in [2.45, 2.75) is 47.8 Å². The molecule has 0 aliphatic heterocycles. The van der Waals surface area contributed by atoms with E-state index < -0.39 is 5.41 Å². The summed E-state index contributed by atoms with van der Waals surface area (Å²) >= 11 is 0. The number of ether oxygens (including phenoxy) is 1. The van der Waals surface area contributed by atoms with Crippen LogP contribution in [0.15, 0.2) is 6.20 Å². The number of aryl methyl sites for hydroxylation is 1. The summed E-state index contributed by atoms with van der Waals surface area (Å²) in [5.74, 6) is 0.0415. The molecule has 0 saturated heterocycles. The third-order valence-electron chi connectivity index (χ3n) is 3.23. The van der Waals surface area contributed by atoms with Gasteiger partial charge in [-0.25, -0.2) is 0 Å². The quantitative estimate of drug-likeness (QED) is 0.738. The van der Waals surface area contributed by atoms with Gasteiger partial charge >= 0.3 is 5.97 Å². The van der Waals surface area contributed by atoms with Crippen molar-refractivity contribution < 1.29 is 9.53 Å². The molecule has 0 radical (unpaired) electrons. The summed E-state index contributed by atoms with van der Waals surface area (Å²) in [6, 6.07) is 0. The number of carbonyl (C=O) groups is 1. The van der Waals surface area contributed by atoms with Gasteiger partial charge in [0.15, 0.2) is 0 Å². The summed E-state index contributed by atoms with van der Waals surface area (Å²) in [6.45, 7) is 10.7. The third kappa shape index (κ3) is 3.28. The van der Waals surface area contributed by atoms with Gasteiger partial charge in [-0.3, -0.25) is 9.48 Å². The van der Waals surface area contributed by atoms with Crippen LogP contribution in [0.4, 0.5) is 0 Å². The zero-order valence-corrected chi connectivity index (χ0v) is 11.2. The second-order valence-electron chi connectivity index (χ2n) is 5.02. The number of aromatic nitrogens is 3. The van der Waals surface area contributed by atoms with E-state index in [1.807, 2.05) is 34.6 Å². The Labute approximate surface area is 102 Å². The maximum atomic E-state index is 11.9. The van der Waals surface area contributed by atoms with E-state index in [4.69, 9.17) is 4.74 Å². The third-order valence-corrected chi connectivity index (χ3v) is 3.23. The molecule has 1 aromatic rings. The van der Waals surface area contributed by atoms with Crippen molar-refractivity contribution in [2.24, 2.45) is 11.3 Å². The molecule has 1 heterocycles. The van der Waals surface area contributed by atoms with Crippen LogP contribution in [0.2, 0.25) is 0 Å². The van der Waals surface area contributed by atoms with Crippen molar-refractivity contribution in [3.05, 3.63) is 11.9 Å². The molecule has 17 heavy (non-hydrogen) atoms. The standard InChI is InChI=1S/C12H21N3O2/c1-6-15-7-10(13-14-15)8-17-11(16)12(4,5)9(2)3/h7,9H,6,8H2,1-5H3. The smallest absolute Gasteiger partial charge is 0.312 e. The van der Waals surface area contributed by atoms with Crippen LogP contribution in [0.1, 0.15) is 40.3 Å². The lowest BCUT2D eigenvalue weighted by Gasteiger charge is -2.26. The van der Waals surface area contributed by atoms with Gasteiger partial charge in [0.1, 0.15) is 12.3 Å². The Kier molecular flexibility index (Phi) is 4.26. The molecule has 0 unspecified atom stereocenters. The number of carbonyl (C=O) groups excluding carboxylic acids is 1. The molecule has 0 amide bonds. The van der Waals surface area contributed by atoms with Gasteiger partial charge in [0, 0.05) is 6.54 Å². The van der Waals surface area contributed by atoms with Crippen LogP contribution in [0, 0.1) is 11.3 Å². The Morgan fingerprint density at radius 1 is 1.53 bits per heavy atom. The van der Waals surface area contributed by atoms with Gasteiger partial charge in [0.2, 0.25) is 0 Å². The molecule has 0 aliphatic carbocycles. The van der Waals surface area contributed by atoms with E-state index in [1.54, 1.807) is 10.9 Å². The molecule has 5 nitrogen and oxygen atoms in total. The van der Waals surface area contributed by atoms with Gasteiger partial charge in [0.25, 0.3) is 0 Å². The number of nitrogens with zero attached hydrogens (tertiary/aromatic N) is 3. The molecule has 0 N–H and O–H groups in total.